The van der Waals surface area contributed by atoms with E-state index in [1.807, 2.05) is 0 Å². The second-order valence-electron chi connectivity index (χ2n) is 10.6. The third-order valence-corrected chi connectivity index (χ3v) is 7.77. The summed E-state index contributed by atoms with van der Waals surface area (Å²) in [5.41, 5.74) is 6.44. The number of halogens is 7. The Bertz CT molecular complexity index is 2160. The van der Waals surface area contributed by atoms with Crippen LogP contribution in [0.4, 0.5) is 26.3 Å². The van der Waals surface area contributed by atoms with E-state index in [2.05, 4.69) is 20.5 Å². The number of hydrogen-bond donors (Lipinski definition) is 1. The summed E-state index contributed by atoms with van der Waals surface area (Å²) in [6.07, 6.45) is 1.83. The van der Waals surface area contributed by atoms with Crippen molar-refractivity contribution in [3.63, 3.8) is 0 Å². The maximum Gasteiger partial charge on any atom is 0.436 e. The van der Waals surface area contributed by atoms with E-state index in [-0.39, 0.29) is 23.4 Å². The van der Waals surface area contributed by atoms with Crippen LogP contribution >= 0.6 is 11.6 Å². The van der Waals surface area contributed by atoms with Gasteiger partial charge in [-0.15, -0.1) is 5.10 Å². The molecule has 0 bridgehead atoms. The summed E-state index contributed by atoms with van der Waals surface area (Å²) in [5, 5.41) is 15.6. The molecule has 0 fully saturated rings. The molecule has 0 spiro atoms. The first-order valence-corrected chi connectivity index (χ1v) is 14.6. The van der Waals surface area contributed by atoms with Crippen molar-refractivity contribution in [2.24, 2.45) is 5.73 Å². The molecule has 0 unspecified atom stereocenters. The molecule has 0 saturated carbocycles. The van der Waals surface area contributed by atoms with E-state index in [0.717, 1.165) is 23.1 Å². The van der Waals surface area contributed by atoms with Gasteiger partial charge in [-0.3, -0.25) is 14.3 Å². The van der Waals surface area contributed by atoms with Gasteiger partial charge in [0.1, 0.15) is 19.0 Å². The van der Waals surface area contributed by atoms with Gasteiger partial charge in [-0.2, -0.15) is 32.1 Å². The minimum atomic E-state index is -4.71. The molecule has 0 radical (unpaired) electrons. The van der Waals surface area contributed by atoms with Gasteiger partial charge in [0.05, 0.1) is 34.9 Å². The predicted molar refractivity (Wildman–Crippen MR) is 161 cm³/mol. The number of nitrogens with zero attached hydrogens (tertiary/aromatic N) is 8. The van der Waals surface area contributed by atoms with Gasteiger partial charge in [-0.1, -0.05) is 22.9 Å². The summed E-state index contributed by atoms with van der Waals surface area (Å²) in [7, 11) is 1.37. The molecule has 0 aliphatic heterocycles. The third kappa shape index (κ3) is 6.83. The second kappa shape index (κ2) is 13.1. The van der Waals surface area contributed by atoms with Crippen LogP contribution in [0.2, 0.25) is 5.02 Å². The number of primary amides is 1. The van der Waals surface area contributed by atoms with Crippen LogP contribution < -0.4 is 15.3 Å². The third-order valence-electron chi connectivity index (χ3n) is 7.54. The molecule has 4 heterocycles. The van der Waals surface area contributed by atoms with Gasteiger partial charge in [-0.25, -0.2) is 13.8 Å². The molecule has 2 aromatic carbocycles. The average molecular weight is 703 g/mol. The van der Waals surface area contributed by atoms with E-state index < -0.39 is 36.2 Å². The summed E-state index contributed by atoms with van der Waals surface area (Å²) < 4.78 is 85.5. The largest absolute Gasteiger partial charge is 0.436 e. The van der Waals surface area contributed by atoms with Crippen molar-refractivity contribution in [2.75, 3.05) is 7.11 Å². The van der Waals surface area contributed by atoms with E-state index in [9.17, 15) is 31.1 Å². The molecule has 1 atom stereocenters. The molecule has 0 aliphatic rings. The van der Waals surface area contributed by atoms with Gasteiger partial charge >= 0.3 is 12.7 Å². The Morgan fingerprint density at radius 1 is 1.02 bits per heavy atom. The lowest BCUT2D eigenvalue weighted by molar-refractivity contribution is -0.891. The smallest absolute Gasteiger partial charge is 0.366 e. The molecule has 11 nitrogen and oxygen atoms in total. The topological polar surface area (TPSA) is 123 Å². The standard InChI is InChI=1S/C31H22ClF6N9O2/c1-49-47-15-18(23-11-20(32)4-7-25(23)46-16-28(41-43-46)31(36,37)38)3-6-26(47)27(12-21-8-9-44(42-21)30(34)35)45-14-19(13-40-45)17-2-5-22(29(39)48)24(33)10-17/h2-11,13-16,27,30H,12H2,1H3,(H-,39,48)/p+1/t27-/m0/s1. The molecule has 1 amide bonds. The number of hydrogen-bond acceptors (Lipinski definition) is 6. The minimum Gasteiger partial charge on any atom is -0.366 e. The van der Waals surface area contributed by atoms with Crippen molar-refractivity contribution in [1.82, 2.24) is 34.6 Å². The molecular formula is C31H23ClF6N9O2+. The van der Waals surface area contributed by atoms with Crippen LogP contribution in [0.15, 0.2) is 85.6 Å². The highest BCUT2D eigenvalue weighted by Gasteiger charge is 2.35. The van der Waals surface area contributed by atoms with Gasteiger partial charge in [-0.05, 0) is 48.0 Å². The fraction of sp³-hybridized carbons (Fsp3) is 0.161. The number of carbonyl (C=O) groups excluding carboxylic acids is 1. The highest BCUT2D eigenvalue weighted by Crippen LogP contribution is 2.33. The van der Waals surface area contributed by atoms with Crippen LogP contribution in [0.1, 0.15) is 40.0 Å². The first kappa shape index (κ1) is 33.2. The van der Waals surface area contributed by atoms with Crippen molar-refractivity contribution in [2.45, 2.75) is 25.2 Å². The van der Waals surface area contributed by atoms with E-state index in [1.165, 1.54) is 59.1 Å². The lowest BCUT2D eigenvalue weighted by atomic mass is 10.0. The molecule has 0 saturated heterocycles. The molecule has 18 heteroatoms. The number of rotatable bonds is 10. The Morgan fingerprint density at radius 2 is 1.80 bits per heavy atom. The summed E-state index contributed by atoms with van der Waals surface area (Å²) >= 11 is 6.28. The summed E-state index contributed by atoms with van der Waals surface area (Å²) in [6, 6.07) is 12.4. The number of alkyl halides is 5. The van der Waals surface area contributed by atoms with Crippen LogP contribution in [-0.4, -0.2) is 47.6 Å². The Kier molecular flexibility index (Phi) is 8.85. The van der Waals surface area contributed by atoms with Gasteiger partial charge in [0, 0.05) is 45.8 Å². The number of amides is 1. The van der Waals surface area contributed by atoms with Crippen molar-refractivity contribution in [3.8, 4) is 27.9 Å². The molecule has 49 heavy (non-hydrogen) atoms. The van der Waals surface area contributed by atoms with E-state index in [0.29, 0.717) is 37.7 Å². The summed E-state index contributed by atoms with van der Waals surface area (Å²) in [4.78, 5) is 17.2. The van der Waals surface area contributed by atoms with Gasteiger partial charge in [0.15, 0.2) is 5.69 Å². The van der Waals surface area contributed by atoms with Crippen molar-refractivity contribution in [1.29, 1.82) is 0 Å². The minimum absolute atomic E-state index is 0.0418. The van der Waals surface area contributed by atoms with Gasteiger partial charge < -0.3 is 5.73 Å². The maximum atomic E-state index is 14.6. The first-order valence-electron chi connectivity index (χ1n) is 14.2. The number of benzene rings is 2. The Balaban J connectivity index is 1.43. The average Bonchev–Trinajstić information content (AvgIpc) is 3.84. The second-order valence-corrected chi connectivity index (χ2v) is 11.0. The molecule has 6 aromatic rings. The molecular weight excluding hydrogens is 680 g/mol. The monoisotopic (exact) mass is 702 g/mol. The number of carbonyl (C=O) groups is 1. The maximum absolute atomic E-state index is 14.6. The number of pyridine rings is 1. The molecule has 4 aromatic heterocycles. The zero-order chi connectivity index (χ0) is 35.0. The SMILES string of the molecule is CO[n+]1cc(-c2cc(Cl)ccc2-n2cc(C(F)(F)F)nn2)ccc1[C@H](Cc1ccn(C(F)F)n1)n1cc(-c2ccc(C(N)=O)c(F)c2)cn1. The van der Waals surface area contributed by atoms with Crippen LogP contribution in [-0.2, 0) is 12.6 Å². The quantitative estimate of drug-likeness (QED) is 0.149. The van der Waals surface area contributed by atoms with E-state index in [1.54, 1.807) is 24.5 Å². The normalized spacial score (nSPS) is 12.4. The summed E-state index contributed by atoms with van der Waals surface area (Å²) in [5.74, 6) is -1.74. The molecule has 252 valence electrons. The Hall–Kier alpha value is -5.71. The highest BCUT2D eigenvalue weighted by atomic mass is 35.5. The van der Waals surface area contributed by atoms with Crippen LogP contribution in [0, 0.1) is 5.82 Å². The lowest BCUT2D eigenvalue weighted by Gasteiger charge is -2.15. The van der Waals surface area contributed by atoms with Crippen LogP contribution in [0.25, 0.3) is 27.9 Å². The van der Waals surface area contributed by atoms with Gasteiger partial charge in [0.25, 0.3) is 11.6 Å². The number of aromatic nitrogens is 8. The fourth-order valence-electron chi connectivity index (χ4n) is 5.20. The van der Waals surface area contributed by atoms with Crippen LogP contribution in [0.5, 0.6) is 0 Å². The molecule has 0 aliphatic carbocycles. The Labute approximate surface area is 277 Å². The van der Waals surface area contributed by atoms with Crippen LogP contribution in [0.3, 0.4) is 0 Å². The van der Waals surface area contributed by atoms with Crippen molar-refractivity contribution >= 4 is 17.5 Å². The lowest BCUT2D eigenvalue weighted by Crippen LogP contribution is -2.46. The molecule has 2 N–H and O–H groups in total. The zero-order valence-electron chi connectivity index (χ0n) is 25.1. The Morgan fingerprint density at radius 3 is 2.45 bits per heavy atom. The molecule has 6 rings (SSSR count). The predicted octanol–water partition coefficient (Wildman–Crippen LogP) is 5.48. The van der Waals surface area contributed by atoms with Crippen molar-refractivity contribution < 1.29 is 40.7 Å². The highest BCUT2D eigenvalue weighted by molar-refractivity contribution is 6.31. The van der Waals surface area contributed by atoms with Crippen molar-refractivity contribution in [3.05, 3.63) is 119 Å². The fourth-order valence-corrected chi connectivity index (χ4v) is 5.37. The number of nitrogens with two attached hydrogens (primary N) is 1. The van der Waals surface area contributed by atoms with E-state index in [4.69, 9.17) is 22.2 Å². The first-order chi connectivity index (χ1) is 23.3. The zero-order valence-corrected chi connectivity index (χ0v) is 25.8. The van der Waals surface area contributed by atoms with E-state index >= 15 is 0 Å². The summed E-state index contributed by atoms with van der Waals surface area (Å²) in [6.45, 7) is -2.87. The van der Waals surface area contributed by atoms with Gasteiger partial charge in [0.2, 0.25) is 6.20 Å².